The van der Waals surface area contributed by atoms with Crippen molar-refractivity contribution >= 4 is 33.4 Å². The highest BCUT2D eigenvalue weighted by Gasteiger charge is 2.18. The van der Waals surface area contributed by atoms with E-state index in [9.17, 15) is 19.8 Å². The van der Waals surface area contributed by atoms with Crippen LogP contribution in [0.2, 0.25) is 0 Å². The van der Waals surface area contributed by atoms with E-state index in [-0.39, 0.29) is 23.8 Å². The fourth-order valence-corrected chi connectivity index (χ4v) is 4.65. The highest BCUT2D eigenvalue weighted by atomic mass is 32.1. The maximum atomic E-state index is 12.9. The lowest BCUT2D eigenvalue weighted by Gasteiger charge is -2.19. The van der Waals surface area contributed by atoms with E-state index in [1.54, 1.807) is 48.3 Å². The fraction of sp³-hybridized carbons (Fsp3) is 0.222. The SMILES string of the molecule is CN(C)CCN(C)C(=O)c1ccc2nc(-c3c(O)cccc3OCc3ccc(C(=O)[O-])cc3)sc2c1. The number of aromatic nitrogens is 1. The summed E-state index contributed by atoms with van der Waals surface area (Å²) in [5.74, 6) is -0.833. The molecule has 0 unspecified atom stereocenters. The largest absolute Gasteiger partial charge is 0.545 e. The molecule has 0 spiro atoms. The molecular weight excluding hydrogens is 478 g/mol. The van der Waals surface area contributed by atoms with Crippen molar-refractivity contribution in [2.45, 2.75) is 6.61 Å². The van der Waals surface area contributed by atoms with Gasteiger partial charge in [-0.05, 0) is 55.6 Å². The molecule has 0 aliphatic carbocycles. The standard InChI is InChI=1S/C27H27N3O5S/c1-29(2)13-14-30(3)26(32)19-11-12-20-23(15-19)36-25(28-20)24-21(31)5-4-6-22(24)35-16-17-7-9-18(10-8-17)27(33)34/h4-12,15,31H,13-14,16H2,1-3H3,(H,33,34)/p-1. The van der Waals surface area contributed by atoms with Crippen LogP contribution in [0.3, 0.4) is 0 Å². The Bertz CT molecular complexity index is 1400. The van der Waals surface area contributed by atoms with Crippen LogP contribution in [0.25, 0.3) is 20.8 Å². The molecule has 36 heavy (non-hydrogen) atoms. The Morgan fingerprint density at radius 3 is 2.42 bits per heavy atom. The summed E-state index contributed by atoms with van der Waals surface area (Å²) in [5, 5.41) is 22.2. The van der Waals surface area contributed by atoms with Crippen molar-refractivity contribution in [1.29, 1.82) is 0 Å². The third-order valence-corrected chi connectivity index (χ3v) is 6.70. The summed E-state index contributed by atoms with van der Waals surface area (Å²) in [7, 11) is 5.71. The summed E-state index contributed by atoms with van der Waals surface area (Å²) in [6.45, 7) is 1.56. The average Bonchev–Trinajstić information content (AvgIpc) is 3.28. The second-order valence-electron chi connectivity index (χ2n) is 8.65. The molecule has 4 aromatic rings. The minimum Gasteiger partial charge on any atom is -0.545 e. The third-order valence-electron chi connectivity index (χ3n) is 5.67. The first-order valence-corrected chi connectivity index (χ1v) is 12.1. The molecule has 0 fully saturated rings. The van der Waals surface area contributed by atoms with Gasteiger partial charge in [-0.1, -0.05) is 30.3 Å². The van der Waals surface area contributed by atoms with E-state index in [1.807, 2.05) is 31.1 Å². The predicted octanol–water partition coefficient (Wildman–Crippen LogP) is 3.25. The van der Waals surface area contributed by atoms with Gasteiger partial charge in [0.2, 0.25) is 0 Å². The van der Waals surface area contributed by atoms with Crippen LogP contribution in [0.15, 0.2) is 60.7 Å². The van der Waals surface area contributed by atoms with E-state index < -0.39 is 5.97 Å². The Labute approximate surface area is 213 Å². The molecule has 0 saturated carbocycles. The minimum absolute atomic E-state index is 0.0265. The lowest BCUT2D eigenvalue weighted by molar-refractivity contribution is -0.255. The maximum Gasteiger partial charge on any atom is 0.253 e. The summed E-state index contributed by atoms with van der Waals surface area (Å²) in [6, 6.07) is 16.6. The van der Waals surface area contributed by atoms with E-state index >= 15 is 0 Å². The van der Waals surface area contributed by atoms with Crippen LogP contribution in [-0.4, -0.2) is 66.0 Å². The van der Waals surface area contributed by atoms with Gasteiger partial charge in [0.15, 0.2) is 0 Å². The van der Waals surface area contributed by atoms with Gasteiger partial charge in [-0.3, -0.25) is 4.79 Å². The fourth-order valence-electron chi connectivity index (χ4n) is 3.59. The first-order valence-electron chi connectivity index (χ1n) is 11.3. The smallest absolute Gasteiger partial charge is 0.253 e. The Hall–Kier alpha value is -3.95. The number of aromatic hydroxyl groups is 1. The molecule has 1 N–H and O–H groups in total. The van der Waals surface area contributed by atoms with Crippen LogP contribution in [-0.2, 0) is 6.61 Å². The van der Waals surface area contributed by atoms with Crippen molar-refractivity contribution in [1.82, 2.24) is 14.8 Å². The molecule has 0 bridgehead atoms. The second kappa shape index (κ2) is 10.8. The molecule has 0 aliphatic heterocycles. The van der Waals surface area contributed by atoms with E-state index in [0.29, 0.717) is 28.4 Å². The number of hydrogen-bond donors (Lipinski definition) is 1. The van der Waals surface area contributed by atoms with Crippen molar-refractivity contribution in [3.63, 3.8) is 0 Å². The van der Waals surface area contributed by atoms with Crippen LogP contribution < -0.4 is 9.84 Å². The molecule has 1 aromatic heterocycles. The quantitative estimate of drug-likeness (QED) is 0.373. The molecule has 9 heteroatoms. The topological polar surface area (TPSA) is 106 Å². The number of carboxylic acids is 1. The van der Waals surface area contributed by atoms with E-state index in [2.05, 4.69) is 4.98 Å². The molecule has 4 rings (SSSR count). The Balaban J connectivity index is 1.58. The summed E-state index contributed by atoms with van der Waals surface area (Å²) in [4.78, 5) is 32.2. The number of fused-ring (bicyclic) bond motifs is 1. The number of hydrogen-bond acceptors (Lipinski definition) is 8. The maximum absolute atomic E-state index is 12.9. The van der Waals surface area contributed by atoms with Crippen LogP contribution in [0.5, 0.6) is 11.5 Å². The molecule has 0 atom stereocenters. The first-order chi connectivity index (χ1) is 17.2. The Morgan fingerprint density at radius 1 is 1.00 bits per heavy atom. The molecule has 1 heterocycles. The van der Waals surface area contributed by atoms with Gasteiger partial charge in [0.25, 0.3) is 5.91 Å². The minimum atomic E-state index is -1.24. The zero-order valence-electron chi connectivity index (χ0n) is 20.2. The third kappa shape index (κ3) is 5.64. The zero-order valence-corrected chi connectivity index (χ0v) is 21.0. The van der Waals surface area contributed by atoms with Gasteiger partial charge in [0.1, 0.15) is 23.1 Å². The van der Waals surface area contributed by atoms with Gasteiger partial charge < -0.3 is 29.5 Å². The number of aromatic carboxylic acids is 1. The molecule has 0 radical (unpaired) electrons. The number of carbonyl (C=O) groups excluding carboxylic acids is 2. The summed E-state index contributed by atoms with van der Waals surface area (Å²) in [6.07, 6.45) is 0. The van der Waals surface area contributed by atoms with Crippen molar-refractivity contribution < 1.29 is 24.5 Å². The first kappa shape index (κ1) is 25.2. The van der Waals surface area contributed by atoms with Gasteiger partial charge in [0.05, 0.1) is 21.7 Å². The Morgan fingerprint density at radius 2 is 1.72 bits per heavy atom. The lowest BCUT2D eigenvalue weighted by atomic mass is 10.1. The average molecular weight is 505 g/mol. The highest BCUT2D eigenvalue weighted by molar-refractivity contribution is 7.21. The van der Waals surface area contributed by atoms with Gasteiger partial charge in [-0.25, -0.2) is 4.98 Å². The molecule has 0 aliphatic rings. The predicted molar refractivity (Wildman–Crippen MR) is 137 cm³/mol. The molecule has 8 nitrogen and oxygen atoms in total. The van der Waals surface area contributed by atoms with E-state index in [0.717, 1.165) is 22.3 Å². The van der Waals surface area contributed by atoms with Gasteiger partial charge in [-0.2, -0.15) is 0 Å². The molecule has 3 aromatic carbocycles. The number of amides is 1. The number of carboxylic acid groups (broad SMARTS) is 1. The number of benzene rings is 3. The number of ether oxygens (including phenoxy) is 1. The number of nitrogens with zero attached hydrogens (tertiary/aromatic N) is 3. The molecular formula is C27H26N3O5S-. The summed E-state index contributed by atoms with van der Waals surface area (Å²) >= 11 is 1.36. The van der Waals surface area contributed by atoms with Crippen molar-refractivity contribution in [2.24, 2.45) is 0 Å². The van der Waals surface area contributed by atoms with Crippen molar-refractivity contribution in [3.8, 4) is 22.1 Å². The monoisotopic (exact) mass is 504 g/mol. The molecule has 186 valence electrons. The van der Waals surface area contributed by atoms with Gasteiger partial charge >= 0.3 is 0 Å². The lowest BCUT2D eigenvalue weighted by Crippen LogP contribution is -2.33. The summed E-state index contributed by atoms with van der Waals surface area (Å²) in [5.41, 5.74) is 2.61. The Kier molecular flexibility index (Phi) is 7.52. The number of likely N-dealkylation sites (N-methyl/N-ethyl adjacent to an activating group) is 2. The molecule has 1 amide bonds. The number of phenols is 1. The highest BCUT2D eigenvalue weighted by Crippen LogP contribution is 2.41. The number of rotatable bonds is 9. The van der Waals surface area contributed by atoms with Crippen molar-refractivity contribution in [2.75, 3.05) is 34.2 Å². The van der Waals surface area contributed by atoms with E-state index in [4.69, 9.17) is 4.74 Å². The van der Waals surface area contributed by atoms with Crippen LogP contribution in [0, 0.1) is 0 Å². The van der Waals surface area contributed by atoms with Crippen LogP contribution in [0.4, 0.5) is 0 Å². The van der Waals surface area contributed by atoms with Crippen LogP contribution in [0.1, 0.15) is 26.3 Å². The van der Waals surface area contributed by atoms with E-state index in [1.165, 1.54) is 23.5 Å². The number of carbonyl (C=O) groups is 2. The normalized spacial score (nSPS) is 11.1. The zero-order chi connectivity index (χ0) is 25.8. The van der Waals surface area contributed by atoms with Gasteiger partial charge in [0, 0.05) is 25.7 Å². The van der Waals surface area contributed by atoms with Crippen LogP contribution >= 0.6 is 11.3 Å². The second-order valence-corrected chi connectivity index (χ2v) is 9.69. The van der Waals surface area contributed by atoms with Gasteiger partial charge in [-0.15, -0.1) is 11.3 Å². The number of thiazole rings is 1. The number of phenolic OH excluding ortho intramolecular Hbond substituents is 1. The summed E-state index contributed by atoms with van der Waals surface area (Å²) < 4.78 is 6.80. The van der Waals surface area contributed by atoms with Crippen molar-refractivity contribution in [3.05, 3.63) is 77.4 Å². The molecule has 0 saturated heterocycles.